The Balaban J connectivity index is 0.773. The lowest BCUT2D eigenvalue weighted by Gasteiger charge is -2.43. The summed E-state index contributed by atoms with van der Waals surface area (Å²) in [5.74, 6) is 1.27. The number of nitrogens with one attached hydrogen (secondary N) is 2. The van der Waals surface area contributed by atoms with E-state index < -0.39 is 0 Å². The third-order valence-corrected chi connectivity index (χ3v) is 13.8. The van der Waals surface area contributed by atoms with Gasteiger partial charge in [-0.05, 0) is 85.0 Å². The summed E-state index contributed by atoms with van der Waals surface area (Å²) in [6, 6.07) is 48.7. The van der Waals surface area contributed by atoms with Crippen molar-refractivity contribution in [3.63, 3.8) is 0 Å². The number of anilines is 1. The number of nitrogens with zero attached hydrogens (tertiary/aromatic N) is 5. The molecule has 0 bridgehead atoms. The molecule has 0 radical (unpaired) electrons. The standard InChI is InChI=1S/C57H46N8O3/c58-56(26-9-27-56)42-22-18-38(19-23-42)52-48(36-11-3-1-4-12-36)50-54(67-52)60-33-45(64-50)40-15-7-17-44(31-40)63-47(66)35-62-57(28-10-29-57)43-24-20-39(21-25-43)53-49(37-13-5-2-6-14-37)51-55(68-53)61-34-46(65-51)41-16-8-30-59-32-41/h1-8,11-25,30-34,62H,9-10,26-29,35,58H2,(H,63,66). The highest BCUT2D eigenvalue weighted by molar-refractivity contribution is 6.00. The molecule has 11 nitrogen and oxygen atoms in total. The lowest BCUT2D eigenvalue weighted by molar-refractivity contribution is -0.116. The van der Waals surface area contributed by atoms with E-state index in [1.54, 1.807) is 24.8 Å². The molecule has 2 aliphatic rings. The topological polar surface area (TPSA) is 158 Å². The molecular formula is C57H46N8O3. The Morgan fingerprint density at radius 3 is 1.63 bits per heavy atom. The van der Waals surface area contributed by atoms with Gasteiger partial charge in [0.2, 0.25) is 17.3 Å². The zero-order valence-corrected chi connectivity index (χ0v) is 37.2. The second-order valence-electron chi connectivity index (χ2n) is 18.0. The molecule has 12 rings (SSSR count). The first-order chi connectivity index (χ1) is 33.4. The Bertz CT molecular complexity index is 3460. The summed E-state index contributed by atoms with van der Waals surface area (Å²) in [7, 11) is 0. The number of furan rings is 2. The Kier molecular flexibility index (Phi) is 10.3. The van der Waals surface area contributed by atoms with Crippen LogP contribution < -0.4 is 16.4 Å². The summed E-state index contributed by atoms with van der Waals surface area (Å²) in [5.41, 5.74) is 19.9. The van der Waals surface area contributed by atoms with Crippen LogP contribution in [0.4, 0.5) is 5.69 Å². The summed E-state index contributed by atoms with van der Waals surface area (Å²) < 4.78 is 12.9. The maximum atomic E-state index is 13.7. The van der Waals surface area contributed by atoms with Gasteiger partial charge in [0.1, 0.15) is 22.6 Å². The maximum absolute atomic E-state index is 13.7. The van der Waals surface area contributed by atoms with E-state index in [9.17, 15) is 4.79 Å². The molecule has 5 aromatic carbocycles. The smallest absolute Gasteiger partial charge is 0.246 e. The van der Waals surface area contributed by atoms with Gasteiger partial charge in [0.25, 0.3) is 0 Å². The predicted octanol–water partition coefficient (Wildman–Crippen LogP) is 12.1. The number of carbonyl (C=O) groups is 1. The molecule has 1 amide bonds. The molecule has 11 heteroatoms. The summed E-state index contributed by atoms with van der Waals surface area (Å²) in [4.78, 5) is 37.6. The van der Waals surface area contributed by atoms with Crippen molar-refractivity contribution in [1.29, 1.82) is 0 Å². The number of benzene rings is 5. The van der Waals surface area contributed by atoms with Crippen LogP contribution in [-0.2, 0) is 15.9 Å². The van der Waals surface area contributed by atoms with Gasteiger partial charge in [-0.2, -0.15) is 0 Å². The van der Waals surface area contributed by atoms with Gasteiger partial charge in [0.05, 0.1) is 41.5 Å². The molecule has 10 aromatic rings. The SMILES string of the molecule is NC1(c2ccc(-c3oc4ncc(-c5cccc(NC(=O)CNC6(c7ccc(-c8oc9ncc(-c%10cccnc%10)nc9c8-c8ccccc8)cc7)CCC6)c5)nc4c3-c3ccccc3)cc2)CCC1. The van der Waals surface area contributed by atoms with E-state index in [1.165, 1.54) is 0 Å². The van der Waals surface area contributed by atoms with Crippen LogP contribution in [0.1, 0.15) is 49.7 Å². The minimum Gasteiger partial charge on any atom is -0.436 e. The first-order valence-corrected chi connectivity index (χ1v) is 23.2. The third-order valence-electron chi connectivity index (χ3n) is 13.8. The van der Waals surface area contributed by atoms with Gasteiger partial charge >= 0.3 is 0 Å². The first-order valence-electron chi connectivity index (χ1n) is 23.2. The lowest BCUT2D eigenvalue weighted by Crippen LogP contribution is -2.50. The fourth-order valence-electron chi connectivity index (χ4n) is 9.74. The van der Waals surface area contributed by atoms with Crippen molar-refractivity contribution < 1.29 is 13.6 Å². The second-order valence-corrected chi connectivity index (χ2v) is 18.0. The minimum absolute atomic E-state index is 0.137. The lowest BCUT2D eigenvalue weighted by atomic mass is 9.71. The highest BCUT2D eigenvalue weighted by atomic mass is 16.3. The average Bonchev–Trinajstić information content (AvgIpc) is 3.95. The van der Waals surface area contributed by atoms with E-state index in [0.29, 0.717) is 45.4 Å². The number of hydrogen-bond donors (Lipinski definition) is 3. The second kappa shape index (κ2) is 16.9. The van der Waals surface area contributed by atoms with Gasteiger partial charge < -0.3 is 19.9 Å². The summed E-state index contributed by atoms with van der Waals surface area (Å²) in [6.07, 6.45) is 13.0. The highest BCUT2D eigenvalue weighted by Crippen LogP contribution is 2.45. The number of hydrogen-bond acceptors (Lipinski definition) is 10. The van der Waals surface area contributed by atoms with Crippen LogP contribution in [0.15, 0.2) is 179 Å². The van der Waals surface area contributed by atoms with Crippen molar-refractivity contribution in [3.8, 4) is 67.4 Å². The number of pyridine rings is 1. The Labute approximate surface area is 392 Å². The van der Waals surface area contributed by atoms with Gasteiger partial charge in [-0.25, -0.2) is 19.9 Å². The van der Waals surface area contributed by atoms with Crippen LogP contribution in [-0.4, -0.2) is 37.4 Å². The van der Waals surface area contributed by atoms with Crippen molar-refractivity contribution in [3.05, 3.63) is 182 Å². The zero-order valence-electron chi connectivity index (χ0n) is 37.2. The van der Waals surface area contributed by atoms with Crippen LogP contribution in [0.5, 0.6) is 0 Å². The van der Waals surface area contributed by atoms with Crippen LogP contribution in [0.2, 0.25) is 0 Å². The Hall–Kier alpha value is -8.12. The molecule has 332 valence electrons. The quantitative estimate of drug-likeness (QED) is 0.108. The van der Waals surface area contributed by atoms with Gasteiger partial charge in [-0.3, -0.25) is 15.1 Å². The molecule has 4 N–H and O–H groups in total. The number of carbonyl (C=O) groups excluding carboxylic acids is 1. The van der Waals surface area contributed by atoms with Crippen LogP contribution in [0.25, 0.3) is 89.9 Å². The molecule has 2 aliphatic carbocycles. The van der Waals surface area contributed by atoms with Crippen molar-refractivity contribution in [1.82, 2.24) is 30.2 Å². The maximum Gasteiger partial charge on any atom is 0.246 e. The Morgan fingerprint density at radius 1 is 0.559 bits per heavy atom. The van der Waals surface area contributed by atoms with E-state index >= 15 is 0 Å². The number of fused-ring (bicyclic) bond motifs is 2. The molecule has 68 heavy (non-hydrogen) atoms. The molecule has 2 saturated carbocycles. The summed E-state index contributed by atoms with van der Waals surface area (Å²) in [5, 5.41) is 6.75. The molecule has 5 aromatic heterocycles. The molecule has 0 saturated heterocycles. The van der Waals surface area contributed by atoms with Crippen molar-refractivity contribution in [2.45, 2.75) is 49.6 Å². The highest BCUT2D eigenvalue weighted by Gasteiger charge is 2.39. The van der Waals surface area contributed by atoms with E-state index in [-0.39, 0.29) is 23.5 Å². The fraction of sp³-hybridized carbons (Fsp3) is 0.158. The van der Waals surface area contributed by atoms with Crippen LogP contribution >= 0.6 is 0 Å². The summed E-state index contributed by atoms with van der Waals surface area (Å²) in [6.45, 7) is 0.140. The van der Waals surface area contributed by atoms with Gasteiger partial charge in [0.15, 0.2) is 0 Å². The number of amides is 1. The van der Waals surface area contributed by atoms with Crippen molar-refractivity contribution in [2.75, 3.05) is 11.9 Å². The van der Waals surface area contributed by atoms with E-state index in [1.807, 2.05) is 72.8 Å². The zero-order chi connectivity index (χ0) is 45.7. The molecule has 2 fully saturated rings. The first kappa shape index (κ1) is 41.3. The third kappa shape index (κ3) is 7.51. The summed E-state index contributed by atoms with van der Waals surface area (Å²) >= 11 is 0. The minimum atomic E-state index is -0.328. The van der Waals surface area contributed by atoms with Gasteiger partial charge in [-0.15, -0.1) is 0 Å². The van der Waals surface area contributed by atoms with Crippen LogP contribution in [0.3, 0.4) is 0 Å². The fourth-order valence-corrected chi connectivity index (χ4v) is 9.74. The molecule has 0 spiro atoms. The van der Waals surface area contributed by atoms with Crippen LogP contribution in [0, 0.1) is 0 Å². The molecule has 0 unspecified atom stereocenters. The van der Waals surface area contributed by atoms with E-state index in [0.717, 1.165) is 99.9 Å². The number of rotatable bonds is 12. The van der Waals surface area contributed by atoms with Crippen molar-refractivity contribution in [2.24, 2.45) is 5.73 Å². The van der Waals surface area contributed by atoms with Gasteiger partial charge in [0, 0.05) is 51.4 Å². The molecule has 0 aliphatic heterocycles. The molecule has 0 atom stereocenters. The predicted molar refractivity (Wildman–Crippen MR) is 266 cm³/mol. The Morgan fingerprint density at radius 2 is 1.10 bits per heavy atom. The van der Waals surface area contributed by atoms with E-state index in [2.05, 4.69) is 93.4 Å². The number of aromatic nitrogens is 5. The van der Waals surface area contributed by atoms with Crippen molar-refractivity contribution >= 4 is 34.1 Å². The largest absolute Gasteiger partial charge is 0.436 e. The average molecular weight is 891 g/mol. The van der Waals surface area contributed by atoms with Gasteiger partial charge in [-0.1, -0.05) is 121 Å². The monoisotopic (exact) mass is 890 g/mol. The normalized spacial score (nSPS) is 14.9. The van der Waals surface area contributed by atoms with E-state index in [4.69, 9.17) is 29.5 Å². The molecular weight excluding hydrogens is 845 g/mol. The molecule has 5 heterocycles. The number of nitrogens with two attached hydrogens (primary N) is 1.